The zero-order valence-electron chi connectivity index (χ0n) is 9.02. The predicted octanol–water partition coefficient (Wildman–Crippen LogP) is 1.58. The second-order valence-corrected chi connectivity index (χ2v) is 4.45. The van der Waals surface area contributed by atoms with Crippen LogP contribution in [0.3, 0.4) is 0 Å². The van der Waals surface area contributed by atoms with E-state index in [1.807, 2.05) is 0 Å². The molecule has 0 heterocycles. The minimum absolute atomic E-state index is 0.116. The van der Waals surface area contributed by atoms with Gasteiger partial charge in [-0.2, -0.15) is 0 Å². The van der Waals surface area contributed by atoms with Crippen molar-refractivity contribution in [1.82, 2.24) is 0 Å². The molecule has 0 saturated carbocycles. The maximum absolute atomic E-state index is 11.6. The van der Waals surface area contributed by atoms with Gasteiger partial charge >= 0.3 is 5.97 Å². The molecule has 0 radical (unpaired) electrons. The van der Waals surface area contributed by atoms with Crippen molar-refractivity contribution in [2.75, 3.05) is 5.32 Å². The van der Waals surface area contributed by atoms with Gasteiger partial charge < -0.3 is 16.2 Å². The lowest BCUT2D eigenvalue weighted by Crippen LogP contribution is -2.36. The zero-order valence-corrected chi connectivity index (χ0v) is 10.6. The molecule has 0 bridgehead atoms. The van der Waals surface area contributed by atoms with Crippen LogP contribution in [-0.4, -0.2) is 23.0 Å². The Morgan fingerprint density at radius 1 is 1.35 bits per heavy atom. The average molecular weight is 301 g/mol. The number of rotatable bonds is 5. The molecule has 0 spiro atoms. The minimum Gasteiger partial charge on any atom is -0.481 e. The van der Waals surface area contributed by atoms with Gasteiger partial charge in [0.05, 0.1) is 6.04 Å². The van der Waals surface area contributed by atoms with Gasteiger partial charge in [0.15, 0.2) is 0 Å². The fourth-order valence-corrected chi connectivity index (χ4v) is 1.44. The second-order valence-electron chi connectivity index (χ2n) is 3.54. The summed E-state index contributed by atoms with van der Waals surface area (Å²) in [5.74, 6) is -1.34. The highest BCUT2D eigenvalue weighted by molar-refractivity contribution is 9.10. The van der Waals surface area contributed by atoms with Crippen molar-refractivity contribution in [3.8, 4) is 0 Å². The SMILES string of the molecule is NC(CCC(=O)O)C(=O)Nc1ccc(Br)cc1. The summed E-state index contributed by atoms with van der Waals surface area (Å²) in [6.45, 7) is 0. The van der Waals surface area contributed by atoms with Gasteiger partial charge in [-0.15, -0.1) is 0 Å². The molecule has 1 aromatic rings. The highest BCUT2D eigenvalue weighted by Gasteiger charge is 2.14. The largest absolute Gasteiger partial charge is 0.481 e. The van der Waals surface area contributed by atoms with E-state index in [4.69, 9.17) is 10.8 Å². The number of amides is 1. The molecule has 0 aliphatic carbocycles. The van der Waals surface area contributed by atoms with Crippen LogP contribution >= 0.6 is 15.9 Å². The maximum Gasteiger partial charge on any atom is 0.303 e. The van der Waals surface area contributed by atoms with Crippen molar-refractivity contribution in [3.63, 3.8) is 0 Å². The molecule has 1 unspecified atom stereocenters. The van der Waals surface area contributed by atoms with Crippen LogP contribution in [0.25, 0.3) is 0 Å². The highest BCUT2D eigenvalue weighted by Crippen LogP contribution is 2.14. The molecule has 0 aliphatic rings. The van der Waals surface area contributed by atoms with Crippen molar-refractivity contribution in [3.05, 3.63) is 28.7 Å². The molecule has 1 aromatic carbocycles. The lowest BCUT2D eigenvalue weighted by atomic mass is 10.1. The van der Waals surface area contributed by atoms with Gasteiger partial charge in [0.2, 0.25) is 5.91 Å². The van der Waals surface area contributed by atoms with Crippen LogP contribution < -0.4 is 11.1 Å². The maximum atomic E-state index is 11.6. The fourth-order valence-electron chi connectivity index (χ4n) is 1.18. The number of nitrogens with two attached hydrogens (primary N) is 1. The molecular weight excluding hydrogens is 288 g/mol. The number of carboxylic acids is 1. The first-order chi connectivity index (χ1) is 7.99. The minimum atomic E-state index is -0.961. The molecule has 5 nitrogen and oxygen atoms in total. The van der Waals surface area contributed by atoms with E-state index < -0.39 is 12.0 Å². The summed E-state index contributed by atoms with van der Waals surface area (Å²) >= 11 is 3.28. The number of halogens is 1. The molecule has 1 atom stereocenters. The lowest BCUT2D eigenvalue weighted by molar-refractivity contribution is -0.137. The molecule has 0 aliphatic heterocycles. The van der Waals surface area contributed by atoms with E-state index in [1.165, 1.54) is 0 Å². The molecule has 0 aromatic heterocycles. The Hall–Kier alpha value is -1.40. The summed E-state index contributed by atoms with van der Waals surface area (Å²) in [5.41, 5.74) is 6.19. The van der Waals surface area contributed by atoms with Crippen molar-refractivity contribution >= 4 is 33.5 Å². The van der Waals surface area contributed by atoms with Crippen LogP contribution in [0.2, 0.25) is 0 Å². The van der Waals surface area contributed by atoms with E-state index in [1.54, 1.807) is 24.3 Å². The summed E-state index contributed by atoms with van der Waals surface area (Å²) in [6.07, 6.45) is 0.00657. The van der Waals surface area contributed by atoms with Crippen molar-refractivity contribution < 1.29 is 14.7 Å². The summed E-state index contributed by atoms with van der Waals surface area (Å²) in [4.78, 5) is 21.9. The third-order valence-corrected chi connectivity index (χ3v) is 2.65. The van der Waals surface area contributed by atoms with E-state index in [-0.39, 0.29) is 18.7 Å². The molecule has 92 valence electrons. The van der Waals surface area contributed by atoms with Crippen LogP contribution in [0.15, 0.2) is 28.7 Å². The van der Waals surface area contributed by atoms with Crippen molar-refractivity contribution in [2.45, 2.75) is 18.9 Å². The topological polar surface area (TPSA) is 92.4 Å². The third-order valence-electron chi connectivity index (χ3n) is 2.12. The Kier molecular flexibility index (Phi) is 5.11. The molecule has 6 heteroatoms. The average Bonchev–Trinajstić information content (AvgIpc) is 2.28. The molecular formula is C11H13BrN2O3. The van der Waals surface area contributed by atoms with E-state index in [0.717, 1.165) is 4.47 Å². The monoisotopic (exact) mass is 300 g/mol. The summed E-state index contributed by atoms with van der Waals surface area (Å²) in [7, 11) is 0. The Bertz CT molecular complexity index is 406. The number of hydrogen-bond donors (Lipinski definition) is 3. The second kappa shape index (κ2) is 6.36. The number of anilines is 1. The van der Waals surface area contributed by atoms with Gasteiger partial charge in [0, 0.05) is 16.6 Å². The Morgan fingerprint density at radius 2 is 1.94 bits per heavy atom. The Balaban J connectivity index is 2.48. The van der Waals surface area contributed by atoms with Gasteiger partial charge in [-0.3, -0.25) is 9.59 Å². The molecule has 1 amide bonds. The first kappa shape index (κ1) is 13.7. The van der Waals surface area contributed by atoms with Crippen LogP contribution in [0, 0.1) is 0 Å². The number of benzene rings is 1. The number of hydrogen-bond acceptors (Lipinski definition) is 3. The van der Waals surface area contributed by atoms with E-state index >= 15 is 0 Å². The molecule has 4 N–H and O–H groups in total. The first-order valence-electron chi connectivity index (χ1n) is 5.03. The summed E-state index contributed by atoms with van der Waals surface area (Å²) < 4.78 is 0.908. The number of carbonyl (C=O) groups excluding carboxylic acids is 1. The predicted molar refractivity (Wildman–Crippen MR) is 67.6 cm³/mol. The van der Waals surface area contributed by atoms with Crippen LogP contribution in [0.4, 0.5) is 5.69 Å². The van der Waals surface area contributed by atoms with E-state index in [9.17, 15) is 9.59 Å². The normalized spacial score (nSPS) is 11.9. The lowest BCUT2D eigenvalue weighted by Gasteiger charge is -2.11. The van der Waals surface area contributed by atoms with Gasteiger partial charge in [-0.1, -0.05) is 15.9 Å². The van der Waals surface area contributed by atoms with Crippen molar-refractivity contribution in [2.24, 2.45) is 5.73 Å². The smallest absolute Gasteiger partial charge is 0.303 e. The van der Waals surface area contributed by atoms with Gasteiger partial charge in [-0.05, 0) is 30.7 Å². The van der Waals surface area contributed by atoms with Crippen LogP contribution in [-0.2, 0) is 9.59 Å². The Morgan fingerprint density at radius 3 is 2.47 bits per heavy atom. The van der Waals surface area contributed by atoms with Gasteiger partial charge in [0.25, 0.3) is 0 Å². The number of carbonyl (C=O) groups is 2. The summed E-state index contributed by atoms with van der Waals surface area (Å²) in [5, 5.41) is 11.1. The number of nitrogens with one attached hydrogen (secondary N) is 1. The van der Waals surface area contributed by atoms with E-state index in [0.29, 0.717) is 5.69 Å². The fraction of sp³-hybridized carbons (Fsp3) is 0.273. The van der Waals surface area contributed by atoms with Crippen molar-refractivity contribution in [1.29, 1.82) is 0 Å². The number of carboxylic acid groups (broad SMARTS) is 1. The Labute approximate surface area is 107 Å². The summed E-state index contributed by atoms with van der Waals surface area (Å²) in [6, 6.07) is 6.23. The molecule has 1 rings (SSSR count). The van der Waals surface area contributed by atoms with Crippen LogP contribution in [0.1, 0.15) is 12.8 Å². The quantitative estimate of drug-likeness (QED) is 0.770. The molecule has 0 fully saturated rings. The third kappa shape index (κ3) is 4.97. The molecule has 0 saturated heterocycles. The van der Waals surface area contributed by atoms with E-state index in [2.05, 4.69) is 21.2 Å². The van der Waals surface area contributed by atoms with Gasteiger partial charge in [0.1, 0.15) is 0 Å². The zero-order chi connectivity index (χ0) is 12.8. The first-order valence-corrected chi connectivity index (χ1v) is 5.82. The highest BCUT2D eigenvalue weighted by atomic mass is 79.9. The van der Waals surface area contributed by atoms with Gasteiger partial charge in [-0.25, -0.2) is 0 Å². The van der Waals surface area contributed by atoms with Crippen LogP contribution in [0.5, 0.6) is 0 Å². The molecule has 17 heavy (non-hydrogen) atoms. The number of aliphatic carboxylic acids is 1. The standard InChI is InChI=1S/C11H13BrN2O3/c12-7-1-3-8(4-2-7)14-11(17)9(13)5-6-10(15)16/h1-4,9H,5-6,13H2,(H,14,17)(H,15,16).